The van der Waals surface area contributed by atoms with E-state index in [0.717, 1.165) is 0 Å². The van der Waals surface area contributed by atoms with Crippen LogP contribution in [0.25, 0.3) is 6.08 Å². The summed E-state index contributed by atoms with van der Waals surface area (Å²) in [6.45, 7) is 4.34. The Balaban J connectivity index is 2.46. The van der Waals surface area contributed by atoms with Crippen LogP contribution < -0.4 is 0 Å². The maximum Gasteiger partial charge on any atom is 0.173 e. The second kappa shape index (κ2) is 8.71. The first kappa shape index (κ1) is 15.7. The number of benzene rings is 1. The van der Waals surface area contributed by atoms with Gasteiger partial charge in [-0.15, -0.1) is 0 Å². The Morgan fingerprint density at radius 1 is 1.37 bits per heavy atom. The number of hydrogen-bond donors (Lipinski definition) is 0. The van der Waals surface area contributed by atoms with E-state index >= 15 is 0 Å². The molecule has 0 aliphatic carbocycles. The Morgan fingerprint density at radius 2 is 2.05 bits per heavy atom. The molecule has 1 rings (SSSR count). The maximum atomic E-state index is 13.4. The molecule has 1 aromatic rings. The molecule has 0 aliphatic rings. The maximum absolute atomic E-state index is 13.4. The van der Waals surface area contributed by atoms with Gasteiger partial charge in [0.25, 0.3) is 0 Å². The van der Waals surface area contributed by atoms with Crippen molar-refractivity contribution in [1.82, 2.24) is 0 Å². The first-order chi connectivity index (χ1) is 9.11. The summed E-state index contributed by atoms with van der Waals surface area (Å²) >= 11 is 5.74. The standard InChI is InChI=1S/C15H16ClFO2/c1-3-18-12(2)19-10-4-5-15(17)11-13-6-8-14(16)9-7-13/h6-9,11-12H,3,10H2,1-2H3/b15-11+. The van der Waals surface area contributed by atoms with Crippen molar-refractivity contribution < 1.29 is 13.9 Å². The molecule has 0 heterocycles. The molecular formula is C15H16ClFO2. The molecule has 0 amide bonds. The molecule has 1 unspecified atom stereocenters. The lowest BCUT2D eigenvalue weighted by atomic mass is 10.2. The third-order valence-corrected chi connectivity index (χ3v) is 2.41. The van der Waals surface area contributed by atoms with E-state index in [1.165, 1.54) is 6.08 Å². The fraction of sp³-hybridized carbons (Fsp3) is 0.333. The van der Waals surface area contributed by atoms with Crippen molar-refractivity contribution in [1.29, 1.82) is 0 Å². The van der Waals surface area contributed by atoms with Gasteiger partial charge in [0.15, 0.2) is 12.1 Å². The van der Waals surface area contributed by atoms with Crippen molar-refractivity contribution >= 4 is 17.7 Å². The third-order valence-electron chi connectivity index (χ3n) is 2.16. The Labute approximate surface area is 118 Å². The summed E-state index contributed by atoms with van der Waals surface area (Å²) < 4.78 is 23.8. The molecule has 0 aliphatic heterocycles. The molecule has 0 bridgehead atoms. The van der Waals surface area contributed by atoms with Crippen molar-refractivity contribution in [3.05, 3.63) is 40.7 Å². The fourth-order valence-corrected chi connectivity index (χ4v) is 1.43. The van der Waals surface area contributed by atoms with Gasteiger partial charge in [-0.3, -0.25) is 0 Å². The van der Waals surface area contributed by atoms with Crippen molar-refractivity contribution in [3.8, 4) is 11.8 Å². The van der Waals surface area contributed by atoms with Crippen LogP contribution in [0, 0.1) is 11.8 Å². The van der Waals surface area contributed by atoms with E-state index in [-0.39, 0.29) is 12.9 Å². The normalized spacial score (nSPS) is 12.7. The lowest BCUT2D eigenvalue weighted by Gasteiger charge is -2.09. The van der Waals surface area contributed by atoms with Crippen molar-refractivity contribution in [3.63, 3.8) is 0 Å². The van der Waals surface area contributed by atoms with Crippen molar-refractivity contribution in [2.24, 2.45) is 0 Å². The van der Waals surface area contributed by atoms with E-state index in [0.29, 0.717) is 17.2 Å². The van der Waals surface area contributed by atoms with Gasteiger partial charge in [-0.05, 0) is 43.5 Å². The Kier molecular flexibility index (Phi) is 7.20. The number of rotatable bonds is 5. The van der Waals surface area contributed by atoms with Crippen LogP contribution in [0.3, 0.4) is 0 Å². The van der Waals surface area contributed by atoms with Gasteiger partial charge in [-0.2, -0.15) is 4.39 Å². The SMILES string of the molecule is CCOC(C)OCC#C/C(F)=C\c1ccc(Cl)cc1. The number of hydrogen-bond acceptors (Lipinski definition) is 2. The van der Waals surface area contributed by atoms with Crippen LogP contribution >= 0.6 is 11.6 Å². The summed E-state index contributed by atoms with van der Waals surface area (Å²) in [7, 11) is 0. The predicted octanol–water partition coefficient (Wildman–Crippen LogP) is 4.05. The minimum Gasteiger partial charge on any atom is -0.353 e. The van der Waals surface area contributed by atoms with Crippen molar-refractivity contribution in [2.75, 3.05) is 13.2 Å². The molecule has 1 atom stereocenters. The average Bonchev–Trinajstić information content (AvgIpc) is 2.38. The first-order valence-corrected chi connectivity index (χ1v) is 6.34. The molecule has 0 saturated heterocycles. The molecular weight excluding hydrogens is 267 g/mol. The zero-order valence-electron chi connectivity index (χ0n) is 11.0. The predicted molar refractivity (Wildman–Crippen MR) is 75.4 cm³/mol. The van der Waals surface area contributed by atoms with E-state index in [4.69, 9.17) is 21.1 Å². The molecule has 0 saturated carbocycles. The second-order valence-electron chi connectivity index (χ2n) is 3.68. The Morgan fingerprint density at radius 3 is 2.68 bits per heavy atom. The number of ether oxygens (including phenoxy) is 2. The average molecular weight is 283 g/mol. The van der Waals surface area contributed by atoms with Gasteiger partial charge in [0, 0.05) is 11.6 Å². The summed E-state index contributed by atoms with van der Waals surface area (Å²) in [5.41, 5.74) is 0.708. The largest absolute Gasteiger partial charge is 0.353 e. The second-order valence-corrected chi connectivity index (χ2v) is 4.12. The van der Waals surface area contributed by atoms with Crippen LogP contribution in [0.2, 0.25) is 5.02 Å². The van der Waals surface area contributed by atoms with Crippen LogP contribution in [0.1, 0.15) is 19.4 Å². The van der Waals surface area contributed by atoms with Crippen LogP contribution in [-0.4, -0.2) is 19.5 Å². The van der Waals surface area contributed by atoms with E-state index < -0.39 is 5.83 Å². The zero-order valence-corrected chi connectivity index (χ0v) is 11.7. The van der Waals surface area contributed by atoms with Gasteiger partial charge in [0.05, 0.1) is 0 Å². The lowest BCUT2D eigenvalue weighted by Crippen LogP contribution is -2.12. The highest BCUT2D eigenvalue weighted by Gasteiger charge is 1.97. The van der Waals surface area contributed by atoms with Crippen LogP contribution in [0.4, 0.5) is 4.39 Å². The summed E-state index contributed by atoms with van der Waals surface area (Å²) in [4.78, 5) is 0. The summed E-state index contributed by atoms with van der Waals surface area (Å²) in [6.07, 6.45) is 1.01. The Bertz CT molecular complexity index is 471. The minimum absolute atomic E-state index is 0.128. The number of halogens is 2. The van der Waals surface area contributed by atoms with E-state index in [9.17, 15) is 4.39 Å². The molecule has 0 radical (unpaired) electrons. The van der Waals surface area contributed by atoms with Crippen LogP contribution in [0.5, 0.6) is 0 Å². The quantitative estimate of drug-likeness (QED) is 0.599. The molecule has 0 fully saturated rings. The van der Waals surface area contributed by atoms with Gasteiger partial charge < -0.3 is 9.47 Å². The van der Waals surface area contributed by atoms with Crippen LogP contribution in [-0.2, 0) is 9.47 Å². The number of allylic oxidation sites excluding steroid dienone is 1. The molecule has 0 N–H and O–H groups in total. The molecule has 19 heavy (non-hydrogen) atoms. The molecule has 0 aromatic heterocycles. The smallest absolute Gasteiger partial charge is 0.173 e. The molecule has 4 heteroatoms. The van der Waals surface area contributed by atoms with Gasteiger partial charge in [-0.1, -0.05) is 29.7 Å². The fourth-order valence-electron chi connectivity index (χ4n) is 1.30. The van der Waals surface area contributed by atoms with Crippen LogP contribution in [0.15, 0.2) is 30.1 Å². The van der Waals surface area contributed by atoms with E-state index in [2.05, 4.69) is 11.8 Å². The van der Waals surface area contributed by atoms with Crippen molar-refractivity contribution in [2.45, 2.75) is 20.1 Å². The minimum atomic E-state index is -0.519. The summed E-state index contributed by atoms with van der Waals surface area (Å²) in [5.74, 6) is 4.44. The molecule has 1 aromatic carbocycles. The van der Waals surface area contributed by atoms with E-state index in [1.807, 2.05) is 6.92 Å². The van der Waals surface area contributed by atoms with Gasteiger partial charge in [0.2, 0.25) is 0 Å². The third kappa shape index (κ3) is 6.97. The summed E-state index contributed by atoms with van der Waals surface area (Å²) in [6, 6.07) is 6.83. The zero-order chi connectivity index (χ0) is 14.1. The topological polar surface area (TPSA) is 18.5 Å². The molecule has 0 spiro atoms. The summed E-state index contributed by atoms with van der Waals surface area (Å²) in [5, 5.41) is 0.613. The van der Waals surface area contributed by atoms with Gasteiger partial charge >= 0.3 is 0 Å². The highest BCUT2D eigenvalue weighted by molar-refractivity contribution is 6.30. The highest BCUT2D eigenvalue weighted by atomic mass is 35.5. The molecule has 2 nitrogen and oxygen atoms in total. The van der Waals surface area contributed by atoms with Gasteiger partial charge in [-0.25, -0.2) is 0 Å². The highest BCUT2D eigenvalue weighted by Crippen LogP contribution is 2.12. The Hall–Kier alpha value is -1.34. The molecule has 102 valence electrons. The monoisotopic (exact) mass is 282 g/mol. The first-order valence-electron chi connectivity index (χ1n) is 5.96. The van der Waals surface area contributed by atoms with Gasteiger partial charge in [0.1, 0.15) is 6.61 Å². The lowest BCUT2D eigenvalue weighted by molar-refractivity contribution is -0.117. The van der Waals surface area contributed by atoms with E-state index in [1.54, 1.807) is 31.2 Å².